The lowest BCUT2D eigenvalue weighted by molar-refractivity contribution is 0.0951. The summed E-state index contributed by atoms with van der Waals surface area (Å²) in [5.74, 6) is 0.709. The van der Waals surface area contributed by atoms with Crippen LogP contribution < -0.4 is 10.1 Å². The van der Waals surface area contributed by atoms with E-state index in [0.29, 0.717) is 41.0 Å². The Balaban J connectivity index is 1.20. The highest BCUT2D eigenvalue weighted by Crippen LogP contribution is 2.39. The number of carbonyl (C=O) groups excluding carboxylic acids is 1. The number of nitriles is 1. The Morgan fingerprint density at radius 2 is 1.83 bits per heavy atom. The van der Waals surface area contributed by atoms with Crippen molar-refractivity contribution in [2.24, 2.45) is 0 Å². The van der Waals surface area contributed by atoms with E-state index < -0.39 is 5.25 Å². The van der Waals surface area contributed by atoms with Gasteiger partial charge in [0.05, 0.1) is 28.6 Å². The second-order valence-electron chi connectivity index (χ2n) is 12.7. The molecular weight excluding hydrogens is 627 g/mol. The van der Waals surface area contributed by atoms with Crippen LogP contribution in [0.25, 0.3) is 15.9 Å². The van der Waals surface area contributed by atoms with Crippen molar-refractivity contribution in [3.63, 3.8) is 0 Å². The van der Waals surface area contributed by atoms with Gasteiger partial charge in [-0.05, 0) is 82.5 Å². The standard InChI is InChI=1S/C36H41N7O2S2/c1-7-35(3,4)25-17-18-29(27(22-25)36(5,6)8-2)45-20-12-19-38-32(44)24-13-11-14-26(21-24)43-34(40-41-42-43)47-31(23-37)33-39-28-15-9-10-16-30(28)46-33/h9-11,13-18,21-22,31H,7-8,12,19-20H2,1-6H3,(H,38,44). The average Bonchev–Trinajstić information content (AvgIpc) is 3.74. The zero-order valence-corrected chi connectivity index (χ0v) is 29.4. The summed E-state index contributed by atoms with van der Waals surface area (Å²) in [6.45, 7) is 14.5. The molecule has 244 valence electrons. The number of benzene rings is 3. The van der Waals surface area contributed by atoms with E-state index in [-0.39, 0.29) is 16.7 Å². The summed E-state index contributed by atoms with van der Waals surface area (Å²) in [4.78, 5) is 17.7. The van der Waals surface area contributed by atoms with Gasteiger partial charge in [-0.1, -0.05) is 83.6 Å². The first-order valence-electron chi connectivity index (χ1n) is 15.9. The summed E-state index contributed by atoms with van der Waals surface area (Å²) in [6.07, 6.45) is 2.72. The quantitative estimate of drug-likeness (QED) is 0.0930. The van der Waals surface area contributed by atoms with Crippen LogP contribution in [-0.2, 0) is 10.8 Å². The Hall–Kier alpha value is -4.27. The van der Waals surface area contributed by atoms with Crippen molar-refractivity contribution in [1.82, 2.24) is 30.5 Å². The summed E-state index contributed by atoms with van der Waals surface area (Å²) in [5, 5.41) is 25.6. The molecule has 9 nitrogen and oxygen atoms in total. The molecule has 2 aromatic heterocycles. The maximum absolute atomic E-state index is 13.1. The van der Waals surface area contributed by atoms with Gasteiger partial charge in [0.2, 0.25) is 5.16 Å². The lowest BCUT2D eigenvalue weighted by atomic mass is 9.76. The van der Waals surface area contributed by atoms with E-state index in [0.717, 1.165) is 28.8 Å². The number of thioether (sulfide) groups is 1. The lowest BCUT2D eigenvalue weighted by Gasteiger charge is -2.30. The molecule has 0 saturated carbocycles. The third-order valence-corrected chi connectivity index (χ3v) is 11.1. The van der Waals surface area contributed by atoms with E-state index >= 15 is 0 Å². The first-order chi connectivity index (χ1) is 22.6. The van der Waals surface area contributed by atoms with E-state index in [4.69, 9.17) is 4.74 Å². The van der Waals surface area contributed by atoms with Gasteiger partial charge in [0.25, 0.3) is 5.91 Å². The van der Waals surface area contributed by atoms with Crippen molar-refractivity contribution in [2.75, 3.05) is 13.2 Å². The van der Waals surface area contributed by atoms with Crippen LogP contribution in [0.2, 0.25) is 0 Å². The summed E-state index contributed by atoms with van der Waals surface area (Å²) in [7, 11) is 0. The predicted octanol–water partition coefficient (Wildman–Crippen LogP) is 8.20. The molecule has 1 amide bonds. The minimum atomic E-state index is -0.587. The molecule has 0 bridgehead atoms. The number of carbonyl (C=O) groups is 1. The van der Waals surface area contributed by atoms with Gasteiger partial charge in [0.15, 0.2) is 5.25 Å². The minimum absolute atomic E-state index is 0.0165. The molecule has 3 aromatic carbocycles. The van der Waals surface area contributed by atoms with Gasteiger partial charge in [-0.2, -0.15) is 9.94 Å². The lowest BCUT2D eigenvalue weighted by Crippen LogP contribution is -2.26. The van der Waals surface area contributed by atoms with Crippen LogP contribution in [0.15, 0.2) is 71.9 Å². The average molecular weight is 668 g/mol. The number of ether oxygens (including phenoxy) is 1. The van der Waals surface area contributed by atoms with Crippen LogP contribution in [0.3, 0.4) is 0 Å². The second kappa shape index (κ2) is 14.7. The molecule has 5 rings (SSSR count). The van der Waals surface area contributed by atoms with Gasteiger partial charge in [0.1, 0.15) is 10.8 Å². The molecule has 1 atom stereocenters. The van der Waals surface area contributed by atoms with Crippen LogP contribution in [0, 0.1) is 11.3 Å². The second-order valence-corrected chi connectivity index (χ2v) is 14.8. The third kappa shape index (κ3) is 7.83. The van der Waals surface area contributed by atoms with Crippen molar-refractivity contribution in [3.8, 4) is 17.5 Å². The number of tetrazole rings is 1. The van der Waals surface area contributed by atoms with Gasteiger partial charge in [-0.15, -0.1) is 16.4 Å². The van der Waals surface area contributed by atoms with Crippen molar-refractivity contribution in [1.29, 1.82) is 5.26 Å². The van der Waals surface area contributed by atoms with Crippen LogP contribution in [0.4, 0.5) is 0 Å². The Morgan fingerprint density at radius 1 is 1.04 bits per heavy atom. The normalized spacial score (nSPS) is 12.5. The molecule has 0 fully saturated rings. The molecule has 0 saturated heterocycles. The zero-order chi connectivity index (χ0) is 33.6. The van der Waals surface area contributed by atoms with E-state index in [1.807, 2.05) is 30.3 Å². The van der Waals surface area contributed by atoms with Gasteiger partial charge in [-0.25, -0.2) is 4.98 Å². The minimum Gasteiger partial charge on any atom is -0.493 e. The molecule has 47 heavy (non-hydrogen) atoms. The van der Waals surface area contributed by atoms with Crippen molar-refractivity contribution in [2.45, 2.75) is 82.0 Å². The predicted molar refractivity (Wildman–Crippen MR) is 189 cm³/mol. The van der Waals surface area contributed by atoms with Crippen LogP contribution in [-0.4, -0.2) is 44.3 Å². The van der Waals surface area contributed by atoms with E-state index in [9.17, 15) is 10.1 Å². The van der Waals surface area contributed by atoms with Crippen molar-refractivity contribution < 1.29 is 9.53 Å². The molecule has 2 heterocycles. The smallest absolute Gasteiger partial charge is 0.251 e. The molecule has 5 aromatic rings. The summed E-state index contributed by atoms with van der Waals surface area (Å²) < 4.78 is 8.83. The molecule has 0 radical (unpaired) electrons. The Morgan fingerprint density at radius 3 is 2.57 bits per heavy atom. The fourth-order valence-corrected chi connectivity index (χ4v) is 6.92. The van der Waals surface area contributed by atoms with E-state index in [1.165, 1.54) is 38.9 Å². The Labute approximate surface area is 284 Å². The summed E-state index contributed by atoms with van der Waals surface area (Å²) in [6, 6.07) is 23.8. The molecule has 0 spiro atoms. The first-order valence-corrected chi connectivity index (χ1v) is 17.6. The number of aromatic nitrogens is 5. The number of fused-ring (bicyclic) bond motifs is 1. The molecule has 1 N–H and O–H groups in total. The topological polar surface area (TPSA) is 119 Å². The molecular formula is C36H41N7O2S2. The monoisotopic (exact) mass is 667 g/mol. The fraction of sp³-hybridized carbons (Fsp3) is 0.389. The van der Waals surface area contributed by atoms with Crippen molar-refractivity contribution >= 4 is 39.2 Å². The Bertz CT molecular complexity index is 1860. The van der Waals surface area contributed by atoms with Crippen LogP contribution >= 0.6 is 23.1 Å². The molecule has 11 heteroatoms. The first kappa shape index (κ1) is 34.1. The highest BCUT2D eigenvalue weighted by Gasteiger charge is 2.27. The maximum Gasteiger partial charge on any atom is 0.251 e. The number of nitrogens with zero attached hydrogens (tertiary/aromatic N) is 6. The van der Waals surface area contributed by atoms with Crippen LogP contribution in [0.5, 0.6) is 5.75 Å². The number of amides is 1. The summed E-state index contributed by atoms with van der Waals surface area (Å²) >= 11 is 2.70. The summed E-state index contributed by atoms with van der Waals surface area (Å²) in [5.41, 5.74) is 4.59. The number of thiazole rings is 1. The number of nitrogens with one attached hydrogen (secondary N) is 1. The van der Waals surface area contributed by atoms with Crippen LogP contribution in [0.1, 0.15) is 92.5 Å². The molecule has 1 unspecified atom stereocenters. The maximum atomic E-state index is 13.1. The molecule has 0 aliphatic rings. The number of para-hydroxylation sites is 1. The van der Waals surface area contributed by atoms with Gasteiger partial charge in [0, 0.05) is 17.7 Å². The number of hydrogen-bond donors (Lipinski definition) is 1. The molecule has 0 aliphatic heterocycles. The number of hydrogen-bond acceptors (Lipinski definition) is 9. The van der Waals surface area contributed by atoms with Gasteiger partial charge >= 0.3 is 0 Å². The largest absolute Gasteiger partial charge is 0.493 e. The van der Waals surface area contributed by atoms with E-state index in [2.05, 4.69) is 91.6 Å². The van der Waals surface area contributed by atoms with Crippen molar-refractivity contribution in [3.05, 3.63) is 88.4 Å². The fourth-order valence-electron chi connectivity index (χ4n) is 4.99. The highest BCUT2D eigenvalue weighted by molar-refractivity contribution is 7.99. The zero-order valence-electron chi connectivity index (χ0n) is 27.8. The van der Waals surface area contributed by atoms with Gasteiger partial charge in [-0.3, -0.25) is 4.79 Å². The van der Waals surface area contributed by atoms with Gasteiger partial charge < -0.3 is 10.1 Å². The van der Waals surface area contributed by atoms with E-state index in [1.54, 1.807) is 18.2 Å². The SMILES string of the molecule is CCC(C)(C)c1ccc(OCCCNC(=O)c2cccc(-n3nnnc3SC(C#N)c3nc4ccccc4s3)c2)c(C(C)(C)CC)c1. The highest BCUT2D eigenvalue weighted by atomic mass is 32.2. The number of rotatable bonds is 14. The Kier molecular flexibility index (Phi) is 10.6. The molecule has 0 aliphatic carbocycles. The third-order valence-electron chi connectivity index (χ3n) is 8.79.